The standard InChI is InChI=1S/C12H22N2O/c1-9(2)11-13-10(15-14-11)7-6-8-12(3,4)5/h9H,6-8H2,1-5H3. The van der Waals surface area contributed by atoms with Gasteiger partial charge in [0.15, 0.2) is 5.82 Å². The molecule has 3 heteroatoms. The minimum Gasteiger partial charge on any atom is -0.339 e. The SMILES string of the molecule is CC(C)c1noc(CCCC(C)(C)C)n1. The van der Waals surface area contributed by atoms with Gasteiger partial charge in [-0.25, -0.2) is 0 Å². The first-order valence-corrected chi connectivity index (χ1v) is 5.71. The van der Waals surface area contributed by atoms with Crippen LogP contribution in [-0.2, 0) is 6.42 Å². The van der Waals surface area contributed by atoms with Gasteiger partial charge in [0.25, 0.3) is 0 Å². The Kier molecular flexibility index (Phi) is 3.89. The van der Waals surface area contributed by atoms with Gasteiger partial charge in [-0.1, -0.05) is 39.8 Å². The summed E-state index contributed by atoms with van der Waals surface area (Å²) in [5.74, 6) is 1.95. The molecule has 3 nitrogen and oxygen atoms in total. The van der Waals surface area contributed by atoms with Gasteiger partial charge in [-0.05, 0) is 18.3 Å². The lowest BCUT2D eigenvalue weighted by Crippen LogP contribution is -2.05. The summed E-state index contributed by atoms with van der Waals surface area (Å²) in [6, 6.07) is 0. The van der Waals surface area contributed by atoms with Crippen LogP contribution in [0.5, 0.6) is 0 Å². The number of nitrogens with zero attached hydrogens (tertiary/aromatic N) is 2. The van der Waals surface area contributed by atoms with Crippen molar-refractivity contribution in [3.8, 4) is 0 Å². The average molecular weight is 210 g/mol. The molecule has 0 radical (unpaired) electrons. The van der Waals surface area contributed by atoms with Gasteiger partial charge in [0, 0.05) is 12.3 Å². The van der Waals surface area contributed by atoms with E-state index in [9.17, 15) is 0 Å². The summed E-state index contributed by atoms with van der Waals surface area (Å²) in [7, 11) is 0. The maximum atomic E-state index is 5.18. The van der Waals surface area contributed by atoms with Gasteiger partial charge in [-0.3, -0.25) is 0 Å². The molecule has 1 aromatic heterocycles. The number of hydrogen-bond donors (Lipinski definition) is 0. The molecule has 1 aromatic rings. The Morgan fingerprint density at radius 3 is 2.40 bits per heavy atom. The first kappa shape index (κ1) is 12.2. The Balaban J connectivity index is 2.38. The van der Waals surface area contributed by atoms with Crippen molar-refractivity contribution in [1.82, 2.24) is 10.1 Å². The second-order valence-corrected chi connectivity index (χ2v) is 5.62. The topological polar surface area (TPSA) is 38.9 Å². The minimum atomic E-state index is 0.352. The second kappa shape index (κ2) is 4.77. The molecule has 0 N–H and O–H groups in total. The summed E-state index contributed by atoms with van der Waals surface area (Å²) in [6.07, 6.45) is 3.20. The van der Waals surface area contributed by atoms with E-state index in [-0.39, 0.29) is 0 Å². The Labute approximate surface area is 92.3 Å². The predicted octanol–water partition coefficient (Wildman–Crippen LogP) is 3.56. The lowest BCUT2D eigenvalue weighted by atomic mass is 9.90. The van der Waals surface area contributed by atoms with Crippen molar-refractivity contribution in [2.24, 2.45) is 5.41 Å². The van der Waals surface area contributed by atoms with Gasteiger partial charge in [0.2, 0.25) is 5.89 Å². The fourth-order valence-electron chi connectivity index (χ4n) is 1.37. The molecule has 86 valence electrons. The third-order valence-electron chi connectivity index (χ3n) is 2.32. The van der Waals surface area contributed by atoms with Crippen molar-refractivity contribution in [3.63, 3.8) is 0 Å². The number of rotatable bonds is 4. The van der Waals surface area contributed by atoms with Crippen LogP contribution in [0.15, 0.2) is 4.52 Å². The highest BCUT2D eigenvalue weighted by molar-refractivity contribution is 4.91. The maximum Gasteiger partial charge on any atom is 0.226 e. The monoisotopic (exact) mass is 210 g/mol. The fourth-order valence-corrected chi connectivity index (χ4v) is 1.37. The van der Waals surface area contributed by atoms with E-state index < -0.39 is 0 Å². The van der Waals surface area contributed by atoms with Gasteiger partial charge >= 0.3 is 0 Å². The Bertz CT molecular complexity index is 297. The van der Waals surface area contributed by atoms with Crippen molar-refractivity contribution in [2.45, 2.75) is 59.8 Å². The molecule has 0 amide bonds. The van der Waals surface area contributed by atoms with Crippen LogP contribution in [0.25, 0.3) is 0 Å². The first-order valence-electron chi connectivity index (χ1n) is 5.71. The smallest absolute Gasteiger partial charge is 0.226 e. The third kappa shape index (κ3) is 4.45. The number of aryl methyl sites for hydroxylation is 1. The molecule has 0 fully saturated rings. The molecule has 0 aromatic carbocycles. The van der Waals surface area contributed by atoms with Crippen molar-refractivity contribution < 1.29 is 4.52 Å². The highest BCUT2D eigenvalue weighted by Gasteiger charge is 2.12. The van der Waals surface area contributed by atoms with E-state index in [1.807, 2.05) is 0 Å². The lowest BCUT2D eigenvalue weighted by Gasteiger charge is -2.16. The van der Waals surface area contributed by atoms with Crippen LogP contribution in [-0.4, -0.2) is 10.1 Å². The largest absolute Gasteiger partial charge is 0.339 e. The zero-order chi connectivity index (χ0) is 11.5. The van der Waals surface area contributed by atoms with E-state index in [1.54, 1.807) is 0 Å². The molecule has 0 atom stereocenters. The van der Waals surface area contributed by atoms with E-state index in [1.165, 1.54) is 6.42 Å². The quantitative estimate of drug-likeness (QED) is 0.762. The van der Waals surface area contributed by atoms with Gasteiger partial charge in [-0.2, -0.15) is 4.98 Å². The zero-order valence-electron chi connectivity index (χ0n) is 10.5. The van der Waals surface area contributed by atoms with Crippen LogP contribution in [0.4, 0.5) is 0 Å². The van der Waals surface area contributed by atoms with Crippen molar-refractivity contribution >= 4 is 0 Å². The van der Waals surface area contributed by atoms with E-state index in [2.05, 4.69) is 44.8 Å². The Hall–Kier alpha value is -0.860. The summed E-state index contributed by atoms with van der Waals surface area (Å²) in [5, 5.41) is 3.94. The number of aromatic nitrogens is 2. The van der Waals surface area contributed by atoms with Gasteiger partial charge in [0.1, 0.15) is 0 Å². The molecule has 1 rings (SSSR count). The molecule has 1 heterocycles. The minimum absolute atomic E-state index is 0.352. The molecule has 0 aliphatic rings. The lowest BCUT2D eigenvalue weighted by molar-refractivity contribution is 0.335. The van der Waals surface area contributed by atoms with Gasteiger partial charge < -0.3 is 4.52 Å². The van der Waals surface area contributed by atoms with Crippen LogP contribution in [0.3, 0.4) is 0 Å². The predicted molar refractivity (Wildman–Crippen MR) is 60.8 cm³/mol. The summed E-state index contributed by atoms with van der Waals surface area (Å²) < 4.78 is 5.18. The van der Waals surface area contributed by atoms with Crippen molar-refractivity contribution in [2.75, 3.05) is 0 Å². The molecule has 0 saturated carbocycles. The molecule has 0 spiro atoms. The summed E-state index contributed by atoms with van der Waals surface area (Å²) in [6.45, 7) is 10.9. The molecule has 0 aliphatic heterocycles. The first-order chi connectivity index (χ1) is 6.88. The molecule has 0 bridgehead atoms. The summed E-state index contributed by atoms with van der Waals surface area (Å²) in [4.78, 5) is 4.35. The maximum absolute atomic E-state index is 5.18. The zero-order valence-corrected chi connectivity index (χ0v) is 10.5. The fraction of sp³-hybridized carbons (Fsp3) is 0.833. The van der Waals surface area contributed by atoms with E-state index in [0.29, 0.717) is 11.3 Å². The van der Waals surface area contributed by atoms with Crippen LogP contribution in [0.2, 0.25) is 0 Å². The summed E-state index contributed by atoms with van der Waals surface area (Å²) in [5.41, 5.74) is 0.390. The normalized spacial score (nSPS) is 12.4. The Morgan fingerprint density at radius 2 is 1.93 bits per heavy atom. The molecular formula is C12H22N2O. The van der Waals surface area contributed by atoms with Crippen molar-refractivity contribution in [1.29, 1.82) is 0 Å². The highest BCUT2D eigenvalue weighted by Crippen LogP contribution is 2.21. The van der Waals surface area contributed by atoms with Crippen LogP contribution in [0.1, 0.15) is 65.1 Å². The number of hydrogen-bond acceptors (Lipinski definition) is 3. The third-order valence-corrected chi connectivity index (χ3v) is 2.32. The van der Waals surface area contributed by atoms with Crippen LogP contribution in [0, 0.1) is 5.41 Å². The van der Waals surface area contributed by atoms with E-state index in [4.69, 9.17) is 4.52 Å². The molecule has 15 heavy (non-hydrogen) atoms. The summed E-state index contributed by atoms with van der Waals surface area (Å²) >= 11 is 0. The second-order valence-electron chi connectivity index (χ2n) is 5.62. The van der Waals surface area contributed by atoms with Crippen LogP contribution >= 0.6 is 0 Å². The highest BCUT2D eigenvalue weighted by atomic mass is 16.5. The Morgan fingerprint density at radius 1 is 1.27 bits per heavy atom. The van der Waals surface area contributed by atoms with Crippen molar-refractivity contribution in [3.05, 3.63) is 11.7 Å². The molecule has 0 saturated heterocycles. The van der Waals surface area contributed by atoms with Gasteiger partial charge in [-0.15, -0.1) is 0 Å². The average Bonchev–Trinajstić information content (AvgIpc) is 2.50. The molecule has 0 aliphatic carbocycles. The molecule has 0 unspecified atom stereocenters. The van der Waals surface area contributed by atoms with Crippen LogP contribution < -0.4 is 0 Å². The van der Waals surface area contributed by atoms with E-state index >= 15 is 0 Å². The van der Waals surface area contributed by atoms with E-state index in [0.717, 1.165) is 24.6 Å². The molecular weight excluding hydrogens is 188 g/mol. The van der Waals surface area contributed by atoms with Gasteiger partial charge in [0.05, 0.1) is 0 Å².